The van der Waals surface area contributed by atoms with E-state index in [1.165, 1.54) is 24.8 Å². The molecule has 3 fully saturated rings. The average molecular weight is 431 g/mol. The number of aliphatic hydroxyl groups is 3. The van der Waals surface area contributed by atoms with Crippen molar-refractivity contribution in [3.63, 3.8) is 0 Å². The number of allylic oxidation sites excluding steroid dienone is 3. The van der Waals surface area contributed by atoms with Gasteiger partial charge in [-0.25, -0.2) is 0 Å². The second kappa shape index (κ2) is 9.53. The van der Waals surface area contributed by atoms with Crippen LogP contribution in [-0.4, -0.2) is 33.1 Å². The Labute approximate surface area is 190 Å². The van der Waals surface area contributed by atoms with Crippen molar-refractivity contribution in [2.24, 2.45) is 35.0 Å². The second-order valence-electron chi connectivity index (χ2n) is 11.6. The summed E-state index contributed by atoms with van der Waals surface area (Å²) in [4.78, 5) is 0. The summed E-state index contributed by atoms with van der Waals surface area (Å²) in [7, 11) is 0. The maximum Gasteiger partial charge on any atom is 0.117 e. The van der Waals surface area contributed by atoms with Gasteiger partial charge in [-0.15, -0.1) is 0 Å². The van der Waals surface area contributed by atoms with Gasteiger partial charge in [0.25, 0.3) is 0 Å². The largest absolute Gasteiger partial charge is 0.393 e. The van der Waals surface area contributed by atoms with Crippen molar-refractivity contribution < 1.29 is 15.3 Å². The van der Waals surface area contributed by atoms with Crippen molar-refractivity contribution in [3.8, 4) is 0 Å². The molecule has 3 N–H and O–H groups in total. The van der Waals surface area contributed by atoms with Crippen molar-refractivity contribution in [3.05, 3.63) is 36.0 Å². The Morgan fingerprint density at radius 3 is 2.45 bits per heavy atom. The van der Waals surface area contributed by atoms with Gasteiger partial charge in [0, 0.05) is 6.42 Å². The van der Waals surface area contributed by atoms with Crippen molar-refractivity contribution in [2.45, 2.75) is 104 Å². The molecular weight excluding hydrogens is 384 g/mol. The van der Waals surface area contributed by atoms with Crippen molar-refractivity contribution in [2.75, 3.05) is 0 Å². The standard InChI is InChI=1S/C28H46O3/c1-18(2)19(3)9-10-20(4)24-13-14-25-22(8-7-15-27(24,25)6)16-26(30)28(31)17-23(29)12-11-21(28)5/h9-10,16,18-20,23-26,29-31H,5,7-8,11-15,17H2,1-4,6H3/b10-9+,22-16+/t19-,20+,23-,24+,25-,26?,27+,28?/m0/s1. The molecule has 0 aliphatic heterocycles. The molecule has 3 aliphatic carbocycles. The molecule has 0 heterocycles. The lowest BCUT2D eigenvalue weighted by atomic mass is 9.60. The third-order valence-electron chi connectivity index (χ3n) is 9.24. The SMILES string of the molecule is C=C1CC[C@H](O)CC1(O)C(O)/C=C1\CCC[C@]2(C)[C@@H]([C@H](C)/C=C/[C@H](C)C(C)C)CC[C@@H]12. The summed E-state index contributed by atoms with van der Waals surface area (Å²) in [6.45, 7) is 15.7. The molecule has 3 rings (SSSR count). The van der Waals surface area contributed by atoms with Gasteiger partial charge >= 0.3 is 0 Å². The lowest BCUT2D eigenvalue weighted by Gasteiger charge is -2.45. The molecule has 31 heavy (non-hydrogen) atoms. The fourth-order valence-corrected chi connectivity index (χ4v) is 6.68. The van der Waals surface area contributed by atoms with E-state index in [2.05, 4.69) is 53.3 Å². The van der Waals surface area contributed by atoms with Gasteiger partial charge in [0.1, 0.15) is 11.7 Å². The molecule has 0 radical (unpaired) electrons. The molecule has 0 saturated heterocycles. The third-order valence-corrected chi connectivity index (χ3v) is 9.24. The summed E-state index contributed by atoms with van der Waals surface area (Å²) >= 11 is 0. The molecule has 0 amide bonds. The Balaban J connectivity index is 1.78. The predicted octanol–water partition coefficient (Wildman–Crippen LogP) is 5.81. The first-order chi connectivity index (χ1) is 14.5. The molecule has 8 atom stereocenters. The topological polar surface area (TPSA) is 60.7 Å². The minimum atomic E-state index is -1.40. The van der Waals surface area contributed by atoms with Crippen molar-refractivity contribution in [1.29, 1.82) is 0 Å². The van der Waals surface area contributed by atoms with Gasteiger partial charge in [-0.3, -0.25) is 0 Å². The highest BCUT2D eigenvalue weighted by Gasteiger charge is 2.51. The molecule has 2 unspecified atom stereocenters. The van der Waals surface area contributed by atoms with Crippen LogP contribution in [0.2, 0.25) is 0 Å². The van der Waals surface area contributed by atoms with Crippen molar-refractivity contribution >= 4 is 0 Å². The molecule has 3 nitrogen and oxygen atoms in total. The van der Waals surface area contributed by atoms with Crippen LogP contribution in [0.15, 0.2) is 36.0 Å². The van der Waals surface area contributed by atoms with E-state index in [1.54, 1.807) is 0 Å². The quantitative estimate of drug-likeness (QED) is 0.466. The maximum absolute atomic E-state index is 11.2. The first kappa shape index (κ1) is 24.7. The van der Waals surface area contributed by atoms with Crippen LogP contribution in [-0.2, 0) is 0 Å². The van der Waals surface area contributed by atoms with E-state index in [0.717, 1.165) is 12.8 Å². The highest BCUT2D eigenvalue weighted by atomic mass is 16.3. The fourth-order valence-electron chi connectivity index (χ4n) is 6.68. The molecule has 0 aromatic heterocycles. The van der Waals surface area contributed by atoms with E-state index < -0.39 is 17.8 Å². The number of hydrogen-bond donors (Lipinski definition) is 3. The van der Waals surface area contributed by atoms with Crippen LogP contribution in [0.4, 0.5) is 0 Å². The summed E-state index contributed by atoms with van der Waals surface area (Å²) < 4.78 is 0. The fraction of sp³-hybridized carbons (Fsp3) is 0.786. The van der Waals surface area contributed by atoms with E-state index in [1.807, 2.05) is 6.08 Å². The first-order valence-electron chi connectivity index (χ1n) is 12.6. The van der Waals surface area contributed by atoms with Crippen LogP contribution in [0.25, 0.3) is 0 Å². The smallest absolute Gasteiger partial charge is 0.117 e. The number of hydrogen-bond acceptors (Lipinski definition) is 3. The second-order valence-corrected chi connectivity index (χ2v) is 11.6. The molecule has 0 aromatic rings. The molecular formula is C28H46O3. The Hall–Kier alpha value is -0.900. The minimum absolute atomic E-state index is 0.178. The number of fused-ring (bicyclic) bond motifs is 1. The Kier molecular flexibility index (Phi) is 7.61. The highest BCUT2D eigenvalue weighted by molar-refractivity contribution is 5.27. The van der Waals surface area contributed by atoms with Crippen molar-refractivity contribution in [1.82, 2.24) is 0 Å². The number of rotatable bonds is 6. The Morgan fingerprint density at radius 2 is 1.77 bits per heavy atom. The monoisotopic (exact) mass is 430 g/mol. The van der Waals surface area contributed by atoms with E-state index >= 15 is 0 Å². The average Bonchev–Trinajstić information content (AvgIpc) is 3.06. The zero-order valence-corrected chi connectivity index (χ0v) is 20.5. The Bertz CT molecular complexity index is 707. The van der Waals surface area contributed by atoms with Crippen LogP contribution in [0.3, 0.4) is 0 Å². The molecule has 3 heteroatoms. The molecule has 176 valence electrons. The van der Waals surface area contributed by atoms with E-state index in [9.17, 15) is 15.3 Å². The first-order valence-corrected chi connectivity index (χ1v) is 12.6. The van der Waals surface area contributed by atoms with Gasteiger partial charge in [0.05, 0.1) is 6.10 Å². The lowest BCUT2D eigenvalue weighted by Crippen LogP contribution is -2.48. The molecule has 0 aromatic carbocycles. The molecule has 0 spiro atoms. The summed E-state index contributed by atoms with van der Waals surface area (Å²) in [6, 6.07) is 0. The van der Waals surface area contributed by atoms with Crippen LogP contribution in [0, 0.1) is 35.0 Å². The Morgan fingerprint density at radius 1 is 1.06 bits per heavy atom. The zero-order valence-electron chi connectivity index (χ0n) is 20.5. The van der Waals surface area contributed by atoms with E-state index in [4.69, 9.17) is 0 Å². The van der Waals surface area contributed by atoms with E-state index in [-0.39, 0.29) is 11.8 Å². The van der Waals surface area contributed by atoms with Gasteiger partial charge in [-0.1, -0.05) is 65.0 Å². The highest BCUT2D eigenvalue weighted by Crippen LogP contribution is 2.59. The van der Waals surface area contributed by atoms with Gasteiger partial charge in [-0.2, -0.15) is 0 Å². The van der Waals surface area contributed by atoms with Crippen LogP contribution in [0.5, 0.6) is 0 Å². The van der Waals surface area contributed by atoms with Gasteiger partial charge in [0.15, 0.2) is 0 Å². The maximum atomic E-state index is 11.2. The summed E-state index contributed by atoms with van der Waals surface area (Å²) in [5.74, 6) is 2.95. The molecule has 0 bridgehead atoms. The zero-order chi connectivity index (χ0) is 23.0. The predicted molar refractivity (Wildman–Crippen MR) is 129 cm³/mol. The van der Waals surface area contributed by atoms with Gasteiger partial charge in [0.2, 0.25) is 0 Å². The summed E-state index contributed by atoms with van der Waals surface area (Å²) in [5.41, 5.74) is 0.819. The molecule has 3 aliphatic rings. The molecule has 3 saturated carbocycles. The van der Waals surface area contributed by atoms with Gasteiger partial charge in [-0.05, 0) is 85.5 Å². The third kappa shape index (κ3) is 4.89. The normalized spacial score (nSPS) is 41.0. The summed E-state index contributed by atoms with van der Waals surface area (Å²) in [6.07, 6.45) is 12.4. The number of aliphatic hydroxyl groups excluding tert-OH is 2. The van der Waals surface area contributed by atoms with Crippen LogP contribution < -0.4 is 0 Å². The summed E-state index contributed by atoms with van der Waals surface area (Å²) in [5, 5.41) is 32.3. The van der Waals surface area contributed by atoms with Crippen LogP contribution >= 0.6 is 0 Å². The van der Waals surface area contributed by atoms with Gasteiger partial charge < -0.3 is 15.3 Å². The van der Waals surface area contributed by atoms with Crippen LogP contribution in [0.1, 0.15) is 86.0 Å². The minimum Gasteiger partial charge on any atom is -0.393 e. The lowest BCUT2D eigenvalue weighted by molar-refractivity contribution is -0.0705. The van der Waals surface area contributed by atoms with E-state index in [0.29, 0.717) is 48.0 Å².